The second kappa shape index (κ2) is 5.98. The summed E-state index contributed by atoms with van der Waals surface area (Å²) < 4.78 is 6.32. The SMILES string of the molecule is CC(=O)N[C@H]1C(C)(C)[C@@H]2C[C@@H]3[C@@H](c4ccc(N(C)C)cc4)OCC[C@@]31C2. The number of ether oxygens (including phenoxy) is 1. The molecule has 1 spiro atoms. The van der Waals surface area contributed by atoms with Gasteiger partial charge in [-0.05, 0) is 59.6 Å². The summed E-state index contributed by atoms with van der Waals surface area (Å²) in [6.07, 6.45) is 3.65. The Morgan fingerprint density at radius 3 is 2.54 bits per heavy atom. The summed E-state index contributed by atoms with van der Waals surface area (Å²) in [6, 6.07) is 9.07. The average Bonchev–Trinajstić information content (AvgIpc) is 3.07. The average molecular weight is 357 g/mol. The Kier molecular flexibility index (Phi) is 4.11. The largest absolute Gasteiger partial charge is 0.378 e. The van der Waals surface area contributed by atoms with Crippen molar-refractivity contribution in [3.8, 4) is 0 Å². The number of fused-ring (bicyclic) bond motifs is 1. The highest BCUT2D eigenvalue weighted by Crippen LogP contribution is 2.70. The van der Waals surface area contributed by atoms with E-state index < -0.39 is 0 Å². The minimum absolute atomic E-state index is 0.0992. The van der Waals surface area contributed by atoms with Crippen LogP contribution in [0.2, 0.25) is 0 Å². The van der Waals surface area contributed by atoms with E-state index in [1.54, 1.807) is 6.92 Å². The van der Waals surface area contributed by atoms with Crippen LogP contribution in [0.1, 0.15) is 51.7 Å². The van der Waals surface area contributed by atoms with Gasteiger partial charge in [-0.1, -0.05) is 26.0 Å². The van der Waals surface area contributed by atoms with E-state index in [4.69, 9.17) is 4.74 Å². The normalized spacial score (nSPS) is 37.3. The van der Waals surface area contributed by atoms with Crippen molar-refractivity contribution >= 4 is 11.6 Å². The molecule has 4 nitrogen and oxygen atoms in total. The maximum absolute atomic E-state index is 11.9. The Morgan fingerprint density at radius 2 is 1.92 bits per heavy atom. The highest BCUT2D eigenvalue weighted by molar-refractivity contribution is 5.73. The molecule has 0 radical (unpaired) electrons. The first-order valence-corrected chi connectivity index (χ1v) is 9.92. The van der Waals surface area contributed by atoms with Crippen LogP contribution in [0.4, 0.5) is 5.69 Å². The van der Waals surface area contributed by atoms with Crippen LogP contribution in [-0.2, 0) is 9.53 Å². The van der Waals surface area contributed by atoms with Gasteiger partial charge in [-0.2, -0.15) is 0 Å². The zero-order chi connectivity index (χ0) is 18.7. The molecule has 4 heteroatoms. The summed E-state index contributed by atoms with van der Waals surface area (Å²) in [4.78, 5) is 14.1. The van der Waals surface area contributed by atoms with Gasteiger partial charge in [0.15, 0.2) is 0 Å². The molecule has 0 unspecified atom stereocenters. The Balaban J connectivity index is 1.66. The molecular formula is C22H32N2O2. The van der Waals surface area contributed by atoms with Crippen molar-refractivity contribution in [2.75, 3.05) is 25.6 Å². The molecule has 5 atom stereocenters. The van der Waals surface area contributed by atoms with Gasteiger partial charge in [-0.25, -0.2) is 0 Å². The van der Waals surface area contributed by atoms with E-state index in [1.807, 2.05) is 0 Å². The van der Waals surface area contributed by atoms with E-state index in [0.717, 1.165) is 13.0 Å². The number of hydrogen-bond donors (Lipinski definition) is 1. The van der Waals surface area contributed by atoms with Crippen molar-refractivity contribution in [1.29, 1.82) is 0 Å². The number of hydrogen-bond acceptors (Lipinski definition) is 3. The fraction of sp³-hybridized carbons (Fsp3) is 0.682. The summed E-state index contributed by atoms with van der Waals surface area (Å²) >= 11 is 0. The summed E-state index contributed by atoms with van der Waals surface area (Å²) in [5.41, 5.74) is 2.85. The Bertz CT molecular complexity index is 697. The molecule has 0 aromatic heterocycles. The van der Waals surface area contributed by atoms with Crippen LogP contribution in [0.25, 0.3) is 0 Å². The van der Waals surface area contributed by atoms with Crippen LogP contribution in [0.15, 0.2) is 24.3 Å². The maximum atomic E-state index is 11.9. The maximum Gasteiger partial charge on any atom is 0.217 e. The third-order valence-electron chi connectivity index (χ3n) is 7.59. The van der Waals surface area contributed by atoms with Gasteiger partial charge in [0.2, 0.25) is 5.91 Å². The number of rotatable bonds is 3. The van der Waals surface area contributed by atoms with Gasteiger partial charge in [-0.15, -0.1) is 0 Å². The minimum atomic E-state index is 0.0992. The fourth-order valence-electron chi connectivity index (χ4n) is 6.28. The van der Waals surface area contributed by atoms with E-state index in [9.17, 15) is 4.79 Å². The molecule has 26 heavy (non-hydrogen) atoms. The molecule has 3 fully saturated rings. The van der Waals surface area contributed by atoms with Crippen molar-refractivity contribution in [3.63, 3.8) is 0 Å². The number of benzene rings is 1. The number of carbonyl (C=O) groups excluding carboxylic acids is 1. The number of nitrogens with one attached hydrogen (secondary N) is 1. The number of nitrogens with zero attached hydrogens (tertiary/aromatic N) is 1. The molecule has 1 amide bonds. The van der Waals surface area contributed by atoms with Crippen LogP contribution in [0.3, 0.4) is 0 Å². The zero-order valence-electron chi connectivity index (χ0n) is 16.7. The molecule has 1 N–H and O–H groups in total. The highest BCUT2D eigenvalue weighted by atomic mass is 16.5. The topological polar surface area (TPSA) is 41.6 Å². The standard InChI is InChI=1S/C22H32N2O2/c1-14(25)23-20-21(2,3)16-12-18-19(26-11-10-22(18,20)13-16)15-6-8-17(9-7-15)24(4)5/h6-9,16,18-20H,10-13H2,1-5H3,(H,23,25)/t16-,18-,19-,20+,22-/m1/s1. The van der Waals surface area contributed by atoms with Crippen LogP contribution >= 0.6 is 0 Å². The highest BCUT2D eigenvalue weighted by Gasteiger charge is 2.68. The molecule has 1 aromatic carbocycles. The van der Waals surface area contributed by atoms with E-state index in [-0.39, 0.29) is 28.9 Å². The predicted octanol–water partition coefficient (Wildman–Crippen LogP) is 3.77. The van der Waals surface area contributed by atoms with Crippen LogP contribution in [0, 0.1) is 22.7 Å². The van der Waals surface area contributed by atoms with E-state index in [0.29, 0.717) is 11.8 Å². The predicted molar refractivity (Wildman–Crippen MR) is 104 cm³/mol. The van der Waals surface area contributed by atoms with Gasteiger partial charge in [-0.3, -0.25) is 4.79 Å². The number of anilines is 1. The lowest BCUT2D eigenvalue weighted by atomic mass is 9.59. The van der Waals surface area contributed by atoms with Gasteiger partial charge in [0.1, 0.15) is 0 Å². The van der Waals surface area contributed by atoms with Gasteiger partial charge >= 0.3 is 0 Å². The lowest BCUT2D eigenvalue weighted by Crippen LogP contribution is -2.58. The molecule has 142 valence electrons. The Labute approximate surface area is 157 Å². The quantitative estimate of drug-likeness (QED) is 0.896. The van der Waals surface area contributed by atoms with Gasteiger partial charge in [0.25, 0.3) is 0 Å². The molecule has 1 aliphatic heterocycles. The third-order valence-corrected chi connectivity index (χ3v) is 7.59. The van der Waals surface area contributed by atoms with Crippen LogP contribution in [0.5, 0.6) is 0 Å². The Morgan fingerprint density at radius 1 is 1.23 bits per heavy atom. The number of carbonyl (C=O) groups is 1. The summed E-state index contributed by atoms with van der Waals surface area (Å²) in [6.45, 7) is 7.14. The minimum Gasteiger partial charge on any atom is -0.378 e. The molecule has 4 rings (SSSR count). The van der Waals surface area contributed by atoms with Crippen molar-refractivity contribution in [3.05, 3.63) is 29.8 Å². The fourth-order valence-corrected chi connectivity index (χ4v) is 6.28. The molecular weight excluding hydrogens is 324 g/mol. The van der Waals surface area contributed by atoms with Crippen molar-refractivity contribution in [2.45, 2.75) is 52.2 Å². The zero-order valence-corrected chi connectivity index (χ0v) is 16.7. The lowest BCUT2D eigenvalue weighted by molar-refractivity contribution is -0.135. The van der Waals surface area contributed by atoms with E-state index in [1.165, 1.54) is 24.1 Å². The van der Waals surface area contributed by atoms with E-state index >= 15 is 0 Å². The smallest absolute Gasteiger partial charge is 0.217 e. The first-order chi connectivity index (χ1) is 12.3. The lowest BCUT2D eigenvalue weighted by Gasteiger charge is -2.53. The first kappa shape index (κ1) is 17.8. The van der Waals surface area contributed by atoms with Gasteiger partial charge in [0, 0.05) is 39.4 Å². The van der Waals surface area contributed by atoms with Crippen LogP contribution < -0.4 is 10.2 Å². The third kappa shape index (κ3) is 2.49. The summed E-state index contributed by atoms with van der Waals surface area (Å²) in [5.74, 6) is 1.26. The summed E-state index contributed by atoms with van der Waals surface area (Å²) in [5, 5.41) is 3.35. The molecule has 2 saturated carbocycles. The van der Waals surface area contributed by atoms with Gasteiger partial charge < -0.3 is 15.0 Å². The molecule has 3 aliphatic rings. The van der Waals surface area contributed by atoms with Crippen LogP contribution in [-0.4, -0.2) is 32.7 Å². The summed E-state index contributed by atoms with van der Waals surface area (Å²) in [7, 11) is 4.13. The van der Waals surface area contributed by atoms with Crippen molar-refractivity contribution < 1.29 is 9.53 Å². The second-order valence-corrected chi connectivity index (χ2v) is 9.46. The Hall–Kier alpha value is -1.55. The van der Waals surface area contributed by atoms with E-state index in [2.05, 4.69) is 62.4 Å². The monoisotopic (exact) mass is 356 g/mol. The first-order valence-electron chi connectivity index (χ1n) is 9.92. The molecule has 1 heterocycles. The molecule has 2 aliphatic carbocycles. The molecule has 2 bridgehead atoms. The number of amides is 1. The molecule has 1 aromatic rings. The second-order valence-electron chi connectivity index (χ2n) is 9.46. The molecule has 1 saturated heterocycles. The van der Waals surface area contributed by atoms with Gasteiger partial charge in [0.05, 0.1) is 6.10 Å². The van der Waals surface area contributed by atoms with Crippen molar-refractivity contribution in [2.24, 2.45) is 22.7 Å². The van der Waals surface area contributed by atoms with Crippen molar-refractivity contribution in [1.82, 2.24) is 5.32 Å².